The molecule has 0 radical (unpaired) electrons. The highest BCUT2D eigenvalue weighted by molar-refractivity contribution is 5.81. The number of nitrogens with zero attached hydrogens (tertiary/aromatic N) is 2. The second-order valence-corrected chi connectivity index (χ2v) is 7.88. The smallest absolute Gasteiger partial charge is 0.410 e. The summed E-state index contributed by atoms with van der Waals surface area (Å²) < 4.78 is 5.64. The molecule has 0 saturated carbocycles. The third-order valence-corrected chi connectivity index (χ3v) is 5.98. The van der Waals surface area contributed by atoms with Gasteiger partial charge in [0.2, 0.25) is 0 Å². The van der Waals surface area contributed by atoms with Gasteiger partial charge in [0.15, 0.2) is 0 Å². The number of hydrogen-bond acceptors (Lipinski definition) is 3. The molecule has 2 aromatic carbocycles. The zero-order valence-corrected chi connectivity index (χ0v) is 16.3. The Labute approximate surface area is 170 Å². The Morgan fingerprint density at radius 1 is 1.00 bits per heavy atom. The molecule has 3 heterocycles. The van der Waals surface area contributed by atoms with Gasteiger partial charge in [0.1, 0.15) is 6.61 Å². The number of pyridine rings is 1. The maximum atomic E-state index is 12.9. The molecule has 0 aliphatic carbocycles. The molecule has 146 valence electrons. The minimum absolute atomic E-state index is 0.0917. The van der Waals surface area contributed by atoms with Crippen molar-refractivity contribution in [3.8, 4) is 0 Å². The number of para-hydroxylation sites is 1. The summed E-state index contributed by atoms with van der Waals surface area (Å²) in [5, 5.41) is 1.15. The molecule has 1 fully saturated rings. The van der Waals surface area contributed by atoms with Gasteiger partial charge in [-0.05, 0) is 49.0 Å². The standard InChI is InChI=1S/C25H24N2O2/c28-25(29-17-18-7-2-1-3-8-18)27-21-10-6-11-22(27)16-20(15-21)24-14-13-19-9-4-5-12-23(19)26-24/h1-5,7-9,12-15,21-22H,6,10-11,16-17H2. The van der Waals surface area contributed by atoms with Crippen molar-refractivity contribution in [2.24, 2.45) is 0 Å². The Morgan fingerprint density at radius 3 is 2.69 bits per heavy atom. The van der Waals surface area contributed by atoms with Gasteiger partial charge in [0.05, 0.1) is 17.3 Å². The molecule has 1 saturated heterocycles. The van der Waals surface area contributed by atoms with Crippen LogP contribution in [0.1, 0.15) is 36.9 Å². The molecule has 5 rings (SSSR count). The molecule has 4 nitrogen and oxygen atoms in total. The van der Waals surface area contributed by atoms with E-state index in [-0.39, 0.29) is 18.2 Å². The first kappa shape index (κ1) is 17.9. The summed E-state index contributed by atoms with van der Waals surface area (Å²) in [7, 11) is 0. The Morgan fingerprint density at radius 2 is 1.83 bits per heavy atom. The van der Waals surface area contributed by atoms with Gasteiger partial charge in [-0.25, -0.2) is 9.78 Å². The lowest BCUT2D eigenvalue weighted by Crippen LogP contribution is -2.51. The number of benzene rings is 2. The monoisotopic (exact) mass is 384 g/mol. The van der Waals surface area contributed by atoms with Gasteiger partial charge in [-0.2, -0.15) is 0 Å². The molecule has 29 heavy (non-hydrogen) atoms. The first-order valence-electron chi connectivity index (χ1n) is 10.3. The zero-order valence-electron chi connectivity index (χ0n) is 16.3. The van der Waals surface area contributed by atoms with E-state index in [9.17, 15) is 4.79 Å². The van der Waals surface area contributed by atoms with Crippen molar-refractivity contribution >= 4 is 22.6 Å². The molecule has 2 unspecified atom stereocenters. The first-order chi connectivity index (χ1) is 14.3. The Bertz CT molecular complexity index is 1060. The first-order valence-corrected chi connectivity index (χ1v) is 10.3. The van der Waals surface area contributed by atoms with Crippen molar-refractivity contribution in [2.45, 2.75) is 44.4 Å². The topological polar surface area (TPSA) is 42.4 Å². The Kier molecular flexibility index (Phi) is 4.76. The molecule has 4 heteroatoms. The molecule has 1 amide bonds. The number of aromatic nitrogens is 1. The lowest BCUT2D eigenvalue weighted by atomic mass is 9.84. The molecular formula is C25H24N2O2. The molecule has 2 bridgehead atoms. The fraction of sp³-hybridized carbons (Fsp3) is 0.280. The second kappa shape index (κ2) is 7.70. The van der Waals surface area contributed by atoms with Crippen LogP contribution in [0.5, 0.6) is 0 Å². The molecule has 1 aromatic heterocycles. The predicted molar refractivity (Wildman–Crippen MR) is 114 cm³/mol. The lowest BCUT2D eigenvalue weighted by molar-refractivity contribution is 0.0510. The number of rotatable bonds is 3. The average molecular weight is 384 g/mol. The van der Waals surface area contributed by atoms with Gasteiger partial charge in [0.25, 0.3) is 0 Å². The van der Waals surface area contributed by atoms with Crippen LogP contribution in [0.3, 0.4) is 0 Å². The third kappa shape index (κ3) is 3.63. The van der Waals surface area contributed by atoms with Crippen LogP contribution in [0, 0.1) is 0 Å². The number of carbonyl (C=O) groups is 1. The molecule has 0 N–H and O–H groups in total. The van der Waals surface area contributed by atoms with E-state index in [0.717, 1.165) is 47.8 Å². The van der Waals surface area contributed by atoms with Crippen molar-refractivity contribution in [3.63, 3.8) is 0 Å². The normalized spacial score (nSPS) is 21.0. The summed E-state index contributed by atoms with van der Waals surface area (Å²) in [6.45, 7) is 0.318. The summed E-state index contributed by atoms with van der Waals surface area (Å²) >= 11 is 0. The van der Waals surface area contributed by atoms with E-state index in [1.54, 1.807) is 0 Å². The summed E-state index contributed by atoms with van der Waals surface area (Å²) in [6, 6.07) is 22.6. The number of fused-ring (bicyclic) bond motifs is 3. The quantitative estimate of drug-likeness (QED) is 0.592. The minimum atomic E-state index is -0.203. The van der Waals surface area contributed by atoms with E-state index in [4.69, 9.17) is 9.72 Å². The van der Waals surface area contributed by atoms with Crippen LogP contribution in [0.15, 0.2) is 72.8 Å². The Balaban J connectivity index is 1.36. The lowest BCUT2D eigenvalue weighted by Gasteiger charge is -2.44. The van der Waals surface area contributed by atoms with Crippen molar-refractivity contribution in [3.05, 3.63) is 84.1 Å². The second-order valence-electron chi connectivity index (χ2n) is 7.88. The average Bonchev–Trinajstić information content (AvgIpc) is 2.77. The van der Waals surface area contributed by atoms with Crippen LogP contribution in [0.25, 0.3) is 16.5 Å². The van der Waals surface area contributed by atoms with Crippen molar-refractivity contribution in [2.75, 3.05) is 0 Å². The highest BCUT2D eigenvalue weighted by Gasteiger charge is 2.38. The molecule has 2 aliphatic heterocycles. The molecule has 0 spiro atoms. The minimum Gasteiger partial charge on any atom is -0.445 e. The van der Waals surface area contributed by atoms with Crippen molar-refractivity contribution in [1.82, 2.24) is 9.88 Å². The number of ether oxygens (including phenoxy) is 1. The number of piperidine rings is 1. The van der Waals surface area contributed by atoms with Crippen LogP contribution in [0.4, 0.5) is 4.79 Å². The number of amides is 1. The van der Waals surface area contributed by atoms with E-state index in [1.807, 2.05) is 47.4 Å². The molecule has 2 aliphatic rings. The highest BCUT2D eigenvalue weighted by atomic mass is 16.6. The van der Waals surface area contributed by atoms with E-state index < -0.39 is 0 Å². The fourth-order valence-electron chi connectivity index (χ4n) is 4.54. The number of carbonyl (C=O) groups excluding carboxylic acids is 1. The van der Waals surface area contributed by atoms with Gasteiger partial charge in [-0.1, -0.05) is 60.7 Å². The summed E-state index contributed by atoms with van der Waals surface area (Å²) in [4.78, 5) is 19.7. The predicted octanol–water partition coefficient (Wildman–Crippen LogP) is 5.58. The van der Waals surface area contributed by atoms with Crippen LogP contribution in [-0.4, -0.2) is 28.1 Å². The van der Waals surface area contributed by atoms with E-state index in [1.165, 1.54) is 5.57 Å². The maximum absolute atomic E-state index is 12.9. The van der Waals surface area contributed by atoms with E-state index in [0.29, 0.717) is 6.61 Å². The summed E-state index contributed by atoms with van der Waals surface area (Å²) in [6.07, 6.45) is 6.01. The Hall–Kier alpha value is -3.14. The number of hydrogen-bond donors (Lipinski definition) is 0. The van der Waals surface area contributed by atoms with Crippen LogP contribution in [0.2, 0.25) is 0 Å². The SMILES string of the molecule is O=C(OCc1ccccc1)N1C2C=C(c3ccc4ccccc4n3)CC1CCC2. The van der Waals surface area contributed by atoms with E-state index >= 15 is 0 Å². The van der Waals surface area contributed by atoms with Gasteiger partial charge in [-0.3, -0.25) is 4.90 Å². The fourth-order valence-corrected chi connectivity index (χ4v) is 4.54. The summed E-state index contributed by atoms with van der Waals surface area (Å²) in [5.41, 5.74) is 4.30. The van der Waals surface area contributed by atoms with Crippen LogP contribution < -0.4 is 0 Å². The van der Waals surface area contributed by atoms with Gasteiger partial charge in [0, 0.05) is 11.4 Å². The third-order valence-electron chi connectivity index (χ3n) is 5.98. The van der Waals surface area contributed by atoms with Gasteiger partial charge in [-0.15, -0.1) is 0 Å². The van der Waals surface area contributed by atoms with Crippen LogP contribution >= 0.6 is 0 Å². The van der Waals surface area contributed by atoms with Crippen molar-refractivity contribution in [1.29, 1.82) is 0 Å². The molecular weight excluding hydrogens is 360 g/mol. The molecule has 3 aromatic rings. The summed E-state index contributed by atoms with van der Waals surface area (Å²) in [5.74, 6) is 0. The largest absolute Gasteiger partial charge is 0.445 e. The maximum Gasteiger partial charge on any atom is 0.410 e. The zero-order chi connectivity index (χ0) is 19.6. The highest BCUT2D eigenvalue weighted by Crippen LogP contribution is 2.37. The van der Waals surface area contributed by atoms with Crippen LogP contribution in [-0.2, 0) is 11.3 Å². The van der Waals surface area contributed by atoms with E-state index in [2.05, 4.69) is 30.3 Å². The van der Waals surface area contributed by atoms with Gasteiger partial charge >= 0.3 is 6.09 Å². The molecule has 2 atom stereocenters. The van der Waals surface area contributed by atoms with Crippen molar-refractivity contribution < 1.29 is 9.53 Å². The van der Waals surface area contributed by atoms with Gasteiger partial charge < -0.3 is 4.74 Å².